The topological polar surface area (TPSA) is 58.6 Å². The van der Waals surface area contributed by atoms with Gasteiger partial charge in [-0.05, 0) is 70.2 Å². The third kappa shape index (κ3) is 11.4. The van der Waals surface area contributed by atoms with Gasteiger partial charge in [0.05, 0.1) is 6.61 Å². The Bertz CT molecular complexity index is 702. The van der Waals surface area contributed by atoms with E-state index in [2.05, 4.69) is 38.2 Å². The number of carbonyl (C=O) groups is 1. The Morgan fingerprint density at radius 3 is 2.29 bits per heavy atom. The summed E-state index contributed by atoms with van der Waals surface area (Å²) in [4.78, 5) is 10.7. The Morgan fingerprint density at radius 1 is 1.00 bits per heavy atom. The van der Waals surface area contributed by atoms with Gasteiger partial charge >= 0.3 is 5.97 Å². The number of carbonyl (C=O) groups excluding carboxylic acids is 1. The summed E-state index contributed by atoms with van der Waals surface area (Å²) < 4.78 is 4.92. The average Bonchev–Trinajstić information content (AvgIpc) is 2.66. The molecule has 0 amide bonds. The number of hydrogen-bond acceptors (Lipinski definition) is 4. The summed E-state index contributed by atoms with van der Waals surface area (Å²) >= 11 is 0. The van der Waals surface area contributed by atoms with Gasteiger partial charge in [0.15, 0.2) is 0 Å². The van der Waals surface area contributed by atoms with Crippen LogP contribution in [0.4, 0.5) is 5.69 Å². The van der Waals surface area contributed by atoms with Crippen molar-refractivity contribution >= 4 is 11.7 Å². The van der Waals surface area contributed by atoms with E-state index < -0.39 is 0 Å². The Labute approximate surface area is 170 Å². The van der Waals surface area contributed by atoms with Crippen molar-refractivity contribution in [3.63, 3.8) is 0 Å². The molecule has 154 valence electrons. The van der Waals surface area contributed by atoms with Crippen LogP contribution < -0.4 is 5.32 Å². The molecule has 0 aliphatic heterocycles. The van der Waals surface area contributed by atoms with Gasteiger partial charge in [0.25, 0.3) is 0 Å². The van der Waals surface area contributed by atoms with E-state index in [0.29, 0.717) is 6.61 Å². The van der Waals surface area contributed by atoms with E-state index in [-0.39, 0.29) is 12.6 Å². The third-order valence-electron chi connectivity index (χ3n) is 4.46. The predicted molar refractivity (Wildman–Crippen MR) is 117 cm³/mol. The van der Waals surface area contributed by atoms with Gasteiger partial charge in [0, 0.05) is 19.2 Å². The van der Waals surface area contributed by atoms with Crippen LogP contribution >= 0.6 is 0 Å². The van der Waals surface area contributed by atoms with Crippen LogP contribution in [0.25, 0.3) is 0 Å². The molecule has 0 saturated heterocycles. The molecule has 0 spiro atoms. The number of esters is 1. The van der Waals surface area contributed by atoms with E-state index in [4.69, 9.17) is 4.74 Å². The lowest BCUT2D eigenvalue weighted by molar-refractivity contribution is -0.139. The molecule has 1 aromatic carbocycles. The Hall–Kier alpha value is -2.33. The highest BCUT2D eigenvalue weighted by Crippen LogP contribution is 2.13. The fourth-order valence-electron chi connectivity index (χ4n) is 2.69. The fourth-order valence-corrected chi connectivity index (χ4v) is 2.69. The molecule has 0 fully saturated rings. The number of allylic oxidation sites excluding steroid dienone is 4. The zero-order chi connectivity index (χ0) is 20.8. The van der Waals surface area contributed by atoms with Crippen molar-refractivity contribution in [3.05, 3.63) is 64.8 Å². The first-order chi connectivity index (χ1) is 13.4. The van der Waals surface area contributed by atoms with Crippen LogP contribution in [0.1, 0.15) is 58.9 Å². The number of ether oxygens (including phenoxy) is 1. The van der Waals surface area contributed by atoms with Gasteiger partial charge < -0.3 is 15.2 Å². The lowest BCUT2D eigenvalue weighted by atomic mass is 10.1. The van der Waals surface area contributed by atoms with E-state index in [1.165, 1.54) is 23.6 Å². The monoisotopic (exact) mass is 385 g/mol. The van der Waals surface area contributed by atoms with Crippen molar-refractivity contribution in [1.82, 2.24) is 0 Å². The van der Waals surface area contributed by atoms with E-state index in [9.17, 15) is 9.90 Å². The molecule has 2 N–H and O–H groups in total. The van der Waals surface area contributed by atoms with Crippen molar-refractivity contribution in [2.24, 2.45) is 0 Å². The summed E-state index contributed by atoms with van der Waals surface area (Å²) in [7, 11) is 0. The quantitative estimate of drug-likeness (QED) is 0.366. The van der Waals surface area contributed by atoms with Crippen molar-refractivity contribution in [2.75, 3.05) is 18.5 Å². The maximum absolute atomic E-state index is 10.7. The molecule has 0 aliphatic rings. The lowest BCUT2D eigenvalue weighted by Crippen LogP contribution is -2.03. The molecule has 0 saturated carbocycles. The van der Waals surface area contributed by atoms with Crippen LogP contribution in [0.5, 0.6) is 0 Å². The largest absolute Gasteiger partial charge is 0.462 e. The minimum atomic E-state index is -0.239. The van der Waals surface area contributed by atoms with Crippen LogP contribution in [-0.2, 0) is 16.1 Å². The van der Waals surface area contributed by atoms with Crippen molar-refractivity contribution in [2.45, 2.75) is 60.0 Å². The number of nitrogens with one attached hydrogen (secondary N) is 1. The molecule has 0 aromatic heterocycles. The molecule has 4 heteroatoms. The molecule has 0 atom stereocenters. The van der Waals surface area contributed by atoms with Crippen LogP contribution in [0.15, 0.2) is 59.2 Å². The van der Waals surface area contributed by atoms with Crippen LogP contribution in [0.3, 0.4) is 0 Å². The summed E-state index contributed by atoms with van der Waals surface area (Å²) in [5.41, 5.74) is 5.92. The molecule has 1 rings (SSSR count). The van der Waals surface area contributed by atoms with Crippen molar-refractivity contribution < 1.29 is 14.6 Å². The molecule has 0 bridgehead atoms. The van der Waals surface area contributed by atoms with Gasteiger partial charge in [-0.2, -0.15) is 0 Å². The van der Waals surface area contributed by atoms with Crippen LogP contribution in [0.2, 0.25) is 0 Å². The van der Waals surface area contributed by atoms with Gasteiger partial charge in [0.1, 0.15) is 6.61 Å². The number of hydrogen-bond donors (Lipinski definition) is 2. The second-order valence-corrected chi connectivity index (χ2v) is 7.24. The maximum atomic E-state index is 10.7. The van der Waals surface area contributed by atoms with Crippen LogP contribution in [0, 0.1) is 0 Å². The third-order valence-corrected chi connectivity index (χ3v) is 4.46. The van der Waals surface area contributed by atoms with E-state index >= 15 is 0 Å². The highest BCUT2D eigenvalue weighted by molar-refractivity contribution is 5.66. The molecule has 0 aliphatic carbocycles. The molecule has 1 aromatic rings. The first-order valence-electron chi connectivity index (χ1n) is 9.94. The van der Waals surface area contributed by atoms with E-state index in [1.807, 2.05) is 30.3 Å². The zero-order valence-corrected chi connectivity index (χ0v) is 17.8. The first-order valence-corrected chi connectivity index (χ1v) is 9.94. The summed E-state index contributed by atoms with van der Waals surface area (Å²) in [5.74, 6) is -0.239. The molecule has 0 unspecified atom stereocenters. The molecule has 0 radical (unpaired) electrons. The normalized spacial score (nSPS) is 12.8. The SMILES string of the molecule is CC(=O)OC/C=C(\C)CC/C=C(\C)CC/C=C(\C)CNc1cccc(CO)c1. The van der Waals surface area contributed by atoms with Gasteiger partial charge in [-0.3, -0.25) is 4.79 Å². The second kappa shape index (κ2) is 13.8. The van der Waals surface area contributed by atoms with Crippen LogP contribution in [-0.4, -0.2) is 24.2 Å². The van der Waals surface area contributed by atoms with Crippen molar-refractivity contribution in [3.8, 4) is 0 Å². The molecule has 0 heterocycles. The number of aliphatic hydroxyl groups is 1. The second-order valence-electron chi connectivity index (χ2n) is 7.24. The summed E-state index contributed by atoms with van der Waals surface area (Å²) in [5, 5.41) is 12.6. The predicted octanol–water partition coefficient (Wildman–Crippen LogP) is 5.55. The Balaban J connectivity index is 2.28. The number of benzene rings is 1. The Morgan fingerprint density at radius 2 is 1.64 bits per heavy atom. The maximum Gasteiger partial charge on any atom is 0.302 e. The van der Waals surface area contributed by atoms with E-state index in [0.717, 1.165) is 43.5 Å². The number of rotatable bonds is 12. The number of aliphatic hydroxyl groups excluding tert-OH is 1. The lowest BCUT2D eigenvalue weighted by Gasteiger charge is -2.08. The summed E-state index contributed by atoms with van der Waals surface area (Å²) in [6, 6.07) is 7.86. The van der Waals surface area contributed by atoms with Gasteiger partial charge in [-0.1, -0.05) is 41.0 Å². The summed E-state index contributed by atoms with van der Waals surface area (Å²) in [6.45, 7) is 9.06. The first kappa shape index (κ1) is 23.7. The standard InChI is InChI=1S/C24H35NO3/c1-19(8-5-10-20(2)14-15-28-22(4)27)9-6-11-21(3)17-25-24-13-7-12-23(16-24)18-26/h7-8,11-14,16,25-26H,5-6,9-10,15,17-18H2,1-4H3/b19-8+,20-14+,21-11+. The number of anilines is 1. The highest BCUT2D eigenvalue weighted by atomic mass is 16.5. The van der Waals surface area contributed by atoms with Gasteiger partial charge in [-0.15, -0.1) is 0 Å². The Kier molecular flexibility index (Phi) is 11.7. The minimum Gasteiger partial charge on any atom is -0.462 e. The van der Waals surface area contributed by atoms with Gasteiger partial charge in [0.2, 0.25) is 0 Å². The molecular formula is C24H35NO3. The van der Waals surface area contributed by atoms with Gasteiger partial charge in [-0.25, -0.2) is 0 Å². The zero-order valence-electron chi connectivity index (χ0n) is 17.8. The summed E-state index contributed by atoms with van der Waals surface area (Å²) in [6.07, 6.45) is 10.7. The average molecular weight is 386 g/mol. The highest BCUT2D eigenvalue weighted by Gasteiger charge is 1.97. The minimum absolute atomic E-state index is 0.0669. The molecule has 4 nitrogen and oxygen atoms in total. The molecule has 28 heavy (non-hydrogen) atoms. The van der Waals surface area contributed by atoms with E-state index in [1.54, 1.807) is 0 Å². The molecular weight excluding hydrogens is 350 g/mol. The van der Waals surface area contributed by atoms with Crippen molar-refractivity contribution in [1.29, 1.82) is 0 Å². The smallest absolute Gasteiger partial charge is 0.302 e. The fraction of sp³-hybridized carbons (Fsp3) is 0.458.